The van der Waals surface area contributed by atoms with E-state index in [1.807, 2.05) is 18.2 Å². The van der Waals surface area contributed by atoms with E-state index in [0.717, 1.165) is 16.3 Å². The van der Waals surface area contributed by atoms with Crippen molar-refractivity contribution in [2.75, 3.05) is 26.2 Å². The molecule has 0 bridgehead atoms. The fraction of sp³-hybridized carbons (Fsp3) is 0.152. The molecule has 11 heteroatoms. The first-order valence-electron chi connectivity index (χ1n) is 13.5. The monoisotopic (exact) mass is 625 g/mol. The van der Waals surface area contributed by atoms with Gasteiger partial charge >= 0.3 is 5.91 Å². The number of rotatable bonds is 9. The van der Waals surface area contributed by atoms with Crippen molar-refractivity contribution in [1.29, 1.82) is 0 Å². The summed E-state index contributed by atoms with van der Waals surface area (Å²) in [6.07, 6.45) is 0. The van der Waals surface area contributed by atoms with Crippen LogP contribution in [0, 0.1) is 0 Å². The molecule has 1 N–H and O–H groups in total. The number of ether oxygens (including phenoxy) is 3. The van der Waals surface area contributed by atoms with E-state index in [9.17, 15) is 14.7 Å². The van der Waals surface area contributed by atoms with E-state index >= 15 is 0 Å². The maximum Gasteiger partial charge on any atom is 0.301 e. The zero-order chi connectivity index (χ0) is 30.8. The Morgan fingerprint density at radius 1 is 0.886 bits per heavy atom. The van der Waals surface area contributed by atoms with Gasteiger partial charge in [0.15, 0.2) is 15.8 Å². The second-order valence-corrected chi connectivity index (χ2v) is 12.0. The third-order valence-electron chi connectivity index (χ3n) is 7.34. The van der Waals surface area contributed by atoms with Crippen LogP contribution in [-0.4, -0.2) is 48.3 Å². The Balaban J connectivity index is 1.39. The molecule has 9 nitrogen and oxygen atoms in total. The van der Waals surface area contributed by atoms with Crippen molar-refractivity contribution in [3.63, 3.8) is 0 Å². The summed E-state index contributed by atoms with van der Waals surface area (Å²) in [4.78, 5) is 28.5. The minimum atomic E-state index is -0.984. The van der Waals surface area contributed by atoms with E-state index in [1.54, 1.807) is 42.5 Å². The molecule has 4 aromatic carbocycles. The van der Waals surface area contributed by atoms with Crippen LogP contribution in [0.3, 0.4) is 0 Å². The van der Waals surface area contributed by atoms with E-state index in [-0.39, 0.29) is 22.0 Å². The molecular formula is C33H27N3O6S2. The normalized spacial score (nSPS) is 16.0. The Morgan fingerprint density at radius 2 is 1.66 bits per heavy atom. The number of carbonyl (C=O) groups excluding carboxylic acids is 2. The summed E-state index contributed by atoms with van der Waals surface area (Å²) in [6.45, 7) is 0. The predicted octanol–water partition coefficient (Wildman–Crippen LogP) is 6.64. The maximum absolute atomic E-state index is 13.6. The molecule has 1 aromatic heterocycles. The lowest BCUT2D eigenvalue weighted by molar-refractivity contribution is -0.132. The molecule has 222 valence electrons. The number of aliphatic hydroxyl groups excluding tert-OH is 1. The molecule has 6 rings (SSSR count). The van der Waals surface area contributed by atoms with Crippen molar-refractivity contribution in [2.24, 2.45) is 0 Å². The number of amides is 1. The lowest BCUT2D eigenvalue weighted by Crippen LogP contribution is -2.29. The van der Waals surface area contributed by atoms with Gasteiger partial charge in [0, 0.05) is 11.3 Å². The molecule has 0 spiro atoms. The number of anilines is 1. The molecule has 0 aliphatic carbocycles. The molecule has 0 radical (unpaired) electrons. The molecule has 2 heterocycles. The highest BCUT2D eigenvalue weighted by Gasteiger charge is 2.48. The van der Waals surface area contributed by atoms with E-state index < -0.39 is 17.7 Å². The van der Waals surface area contributed by atoms with Crippen molar-refractivity contribution in [3.05, 3.63) is 107 Å². The lowest BCUT2D eigenvalue weighted by Gasteiger charge is -2.23. The van der Waals surface area contributed by atoms with E-state index in [0.29, 0.717) is 32.9 Å². The van der Waals surface area contributed by atoms with Gasteiger partial charge in [0.25, 0.3) is 5.78 Å². The summed E-state index contributed by atoms with van der Waals surface area (Å²) in [5.41, 5.74) is 1.91. The third-order valence-corrected chi connectivity index (χ3v) is 9.45. The number of ketones is 1. The number of fused-ring (bicyclic) bond motifs is 1. The molecule has 1 fully saturated rings. The summed E-state index contributed by atoms with van der Waals surface area (Å²) in [7, 11) is 4.51. The molecular weight excluding hydrogens is 599 g/mol. The summed E-state index contributed by atoms with van der Waals surface area (Å²) >= 11 is 2.71. The number of hydrogen-bond acceptors (Lipinski definition) is 10. The zero-order valence-corrected chi connectivity index (χ0v) is 25.6. The van der Waals surface area contributed by atoms with Crippen LogP contribution in [-0.2, 0) is 15.3 Å². The number of thioether (sulfide) groups is 1. The van der Waals surface area contributed by atoms with Gasteiger partial charge in [-0.25, -0.2) is 0 Å². The standard InChI is InChI=1S/C33H27N3O6S2/c1-40-23-12-7-10-20(16-23)28-27(29(37)21-14-15-25(41-2)26(17-21)42-3)30(38)31(39)36(28)32-34-35-33(44-32)43-18-22-11-6-9-19-8-4-5-13-24(19)22/h4-17,28,37H,18H2,1-3H3/b29-27+. The highest BCUT2D eigenvalue weighted by Crippen LogP contribution is 2.45. The molecule has 1 atom stereocenters. The van der Waals surface area contributed by atoms with Gasteiger partial charge in [-0.15, -0.1) is 10.2 Å². The van der Waals surface area contributed by atoms with Crippen LogP contribution in [0.2, 0.25) is 0 Å². The SMILES string of the molecule is COc1cccc(C2/C(=C(\O)c3ccc(OC)c(OC)c3)C(=O)C(=O)N2c2nnc(SCc3cccc4ccccc34)s2)c1. The lowest BCUT2D eigenvalue weighted by atomic mass is 9.95. The maximum atomic E-state index is 13.6. The smallest absolute Gasteiger partial charge is 0.301 e. The van der Waals surface area contributed by atoms with Crippen LogP contribution in [0.25, 0.3) is 16.5 Å². The Morgan fingerprint density at radius 3 is 2.45 bits per heavy atom. The minimum absolute atomic E-state index is 0.0874. The van der Waals surface area contributed by atoms with Crippen molar-refractivity contribution < 1.29 is 28.9 Å². The van der Waals surface area contributed by atoms with Crippen molar-refractivity contribution in [1.82, 2.24) is 10.2 Å². The predicted molar refractivity (Wildman–Crippen MR) is 171 cm³/mol. The average Bonchev–Trinajstić information content (AvgIpc) is 3.64. The summed E-state index contributed by atoms with van der Waals surface area (Å²) in [6, 6.07) is 25.2. The van der Waals surface area contributed by atoms with Gasteiger partial charge in [-0.05, 0) is 52.2 Å². The fourth-order valence-electron chi connectivity index (χ4n) is 5.21. The van der Waals surface area contributed by atoms with Gasteiger partial charge in [-0.1, -0.05) is 77.7 Å². The van der Waals surface area contributed by atoms with Gasteiger partial charge in [0.1, 0.15) is 11.5 Å². The Bertz CT molecular complexity index is 1920. The summed E-state index contributed by atoms with van der Waals surface area (Å²) < 4.78 is 16.8. The van der Waals surface area contributed by atoms with Gasteiger partial charge < -0.3 is 19.3 Å². The van der Waals surface area contributed by atoms with E-state index in [2.05, 4.69) is 34.5 Å². The first-order chi connectivity index (χ1) is 21.4. The number of aromatic nitrogens is 2. The van der Waals surface area contributed by atoms with Gasteiger partial charge in [-0.2, -0.15) is 0 Å². The average molecular weight is 626 g/mol. The number of aliphatic hydroxyl groups is 1. The molecule has 0 saturated carbocycles. The number of Topliss-reactive ketones (excluding diaryl/α,β-unsaturated/α-hetero) is 1. The molecule has 1 unspecified atom stereocenters. The van der Waals surface area contributed by atoms with Crippen LogP contribution in [0.4, 0.5) is 5.13 Å². The van der Waals surface area contributed by atoms with Crippen LogP contribution in [0.1, 0.15) is 22.7 Å². The molecule has 1 amide bonds. The fourth-order valence-corrected chi connectivity index (χ4v) is 7.08. The van der Waals surface area contributed by atoms with Crippen LogP contribution >= 0.6 is 23.1 Å². The third kappa shape index (κ3) is 5.36. The highest BCUT2D eigenvalue weighted by molar-refractivity contribution is 8.00. The second kappa shape index (κ2) is 12.4. The first-order valence-corrected chi connectivity index (χ1v) is 15.3. The van der Waals surface area contributed by atoms with Crippen molar-refractivity contribution >= 4 is 56.5 Å². The quantitative estimate of drug-likeness (QED) is 0.0634. The number of carbonyl (C=O) groups is 2. The largest absolute Gasteiger partial charge is 0.507 e. The first kappa shape index (κ1) is 29.2. The summed E-state index contributed by atoms with van der Waals surface area (Å²) in [5, 5.41) is 22.7. The minimum Gasteiger partial charge on any atom is -0.507 e. The second-order valence-electron chi connectivity index (χ2n) is 9.79. The highest BCUT2D eigenvalue weighted by atomic mass is 32.2. The van der Waals surface area contributed by atoms with Crippen LogP contribution < -0.4 is 19.1 Å². The van der Waals surface area contributed by atoms with Crippen molar-refractivity contribution in [3.8, 4) is 17.2 Å². The van der Waals surface area contributed by atoms with E-state index in [1.165, 1.54) is 49.3 Å². The van der Waals surface area contributed by atoms with E-state index in [4.69, 9.17) is 14.2 Å². The number of benzene rings is 4. The number of hydrogen-bond donors (Lipinski definition) is 1. The van der Waals surface area contributed by atoms with Gasteiger partial charge in [0.2, 0.25) is 5.13 Å². The Labute approximate surface area is 261 Å². The number of methoxy groups -OCH3 is 3. The van der Waals surface area contributed by atoms with Crippen molar-refractivity contribution in [2.45, 2.75) is 16.1 Å². The van der Waals surface area contributed by atoms with Gasteiger partial charge in [0.05, 0.1) is 32.9 Å². The van der Waals surface area contributed by atoms with Crippen LogP contribution in [0.5, 0.6) is 17.2 Å². The topological polar surface area (TPSA) is 111 Å². The zero-order valence-electron chi connectivity index (χ0n) is 24.0. The summed E-state index contributed by atoms with van der Waals surface area (Å²) in [5.74, 6) is -0.0192. The molecule has 5 aromatic rings. The Hall–Kier alpha value is -4.87. The van der Waals surface area contributed by atoms with Gasteiger partial charge in [-0.3, -0.25) is 14.5 Å². The molecule has 1 aliphatic rings. The molecule has 1 aliphatic heterocycles. The molecule has 1 saturated heterocycles. The molecule has 44 heavy (non-hydrogen) atoms. The Kier molecular flexibility index (Phi) is 8.23. The number of nitrogens with zero attached hydrogens (tertiary/aromatic N) is 3. The van der Waals surface area contributed by atoms with Crippen LogP contribution in [0.15, 0.2) is 94.8 Å².